The SMILES string of the molecule is N#CC1=C(N)OC2=C([C@@H]1c1cccc(Cl)c1Cl)[C@@H](O)Nc1ccccc12. The van der Waals surface area contributed by atoms with Crippen LogP contribution in [0.1, 0.15) is 17.0 Å². The van der Waals surface area contributed by atoms with Crippen LogP contribution in [0.5, 0.6) is 0 Å². The topological polar surface area (TPSA) is 91.3 Å². The molecule has 7 heteroatoms. The molecule has 0 radical (unpaired) electrons. The first-order valence-electron chi connectivity index (χ1n) is 7.82. The number of ether oxygens (including phenoxy) is 1. The molecule has 4 N–H and O–H groups in total. The third-order valence-electron chi connectivity index (χ3n) is 4.51. The van der Waals surface area contributed by atoms with E-state index in [0.29, 0.717) is 32.6 Å². The zero-order valence-electron chi connectivity index (χ0n) is 13.3. The van der Waals surface area contributed by atoms with E-state index in [1.807, 2.05) is 24.3 Å². The quantitative estimate of drug-likeness (QED) is 0.690. The van der Waals surface area contributed by atoms with E-state index in [-0.39, 0.29) is 11.5 Å². The molecular formula is C19H13Cl2N3O2. The van der Waals surface area contributed by atoms with Gasteiger partial charge in [0.2, 0.25) is 5.88 Å². The van der Waals surface area contributed by atoms with Crippen LogP contribution >= 0.6 is 23.2 Å². The van der Waals surface area contributed by atoms with Gasteiger partial charge < -0.3 is 20.9 Å². The average molecular weight is 386 g/mol. The van der Waals surface area contributed by atoms with Gasteiger partial charge in [-0.15, -0.1) is 0 Å². The summed E-state index contributed by atoms with van der Waals surface area (Å²) in [5.74, 6) is -0.272. The first kappa shape index (κ1) is 16.8. The maximum Gasteiger partial charge on any atom is 0.205 e. The Labute approximate surface area is 159 Å². The number of benzene rings is 2. The number of nitrogens with one attached hydrogen (secondary N) is 1. The molecule has 130 valence electrons. The summed E-state index contributed by atoms with van der Waals surface area (Å²) in [5, 5.41) is 24.1. The summed E-state index contributed by atoms with van der Waals surface area (Å²) < 4.78 is 5.75. The Hall–Kier alpha value is -2.65. The van der Waals surface area contributed by atoms with E-state index >= 15 is 0 Å². The Morgan fingerprint density at radius 3 is 2.69 bits per heavy atom. The number of aliphatic hydroxyl groups excluding tert-OH is 1. The maximum absolute atomic E-state index is 10.7. The number of nitriles is 1. The highest BCUT2D eigenvalue weighted by atomic mass is 35.5. The van der Waals surface area contributed by atoms with Crippen LogP contribution in [-0.4, -0.2) is 11.3 Å². The highest BCUT2D eigenvalue weighted by molar-refractivity contribution is 6.42. The summed E-state index contributed by atoms with van der Waals surface area (Å²) in [6.45, 7) is 0. The van der Waals surface area contributed by atoms with E-state index in [2.05, 4.69) is 11.4 Å². The molecule has 0 saturated heterocycles. The molecule has 5 nitrogen and oxygen atoms in total. The number of anilines is 1. The Kier molecular flexibility index (Phi) is 4.04. The molecule has 2 atom stereocenters. The van der Waals surface area contributed by atoms with Crippen molar-refractivity contribution in [3.05, 3.63) is 80.7 Å². The molecule has 0 aliphatic carbocycles. The molecule has 0 bridgehead atoms. The van der Waals surface area contributed by atoms with Gasteiger partial charge >= 0.3 is 0 Å². The molecule has 2 aromatic carbocycles. The second kappa shape index (κ2) is 6.26. The van der Waals surface area contributed by atoms with Crippen molar-refractivity contribution in [2.45, 2.75) is 12.1 Å². The van der Waals surface area contributed by atoms with Crippen molar-refractivity contribution >= 4 is 34.6 Å². The third kappa shape index (κ3) is 2.43. The number of halogens is 2. The fourth-order valence-corrected chi connectivity index (χ4v) is 3.78. The molecule has 0 aromatic heterocycles. The van der Waals surface area contributed by atoms with Crippen LogP contribution in [0.15, 0.2) is 59.5 Å². The van der Waals surface area contributed by atoms with E-state index in [1.165, 1.54) is 0 Å². The number of fused-ring (bicyclic) bond motifs is 2. The predicted octanol–water partition coefficient (Wildman–Crippen LogP) is 3.96. The van der Waals surface area contributed by atoms with Gasteiger partial charge in [-0.2, -0.15) is 5.26 Å². The zero-order chi connectivity index (χ0) is 18.4. The first-order valence-corrected chi connectivity index (χ1v) is 8.58. The second-order valence-electron chi connectivity index (χ2n) is 5.94. The van der Waals surface area contributed by atoms with Gasteiger partial charge in [-0.1, -0.05) is 47.5 Å². The van der Waals surface area contributed by atoms with Gasteiger partial charge in [0.1, 0.15) is 17.4 Å². The van der Waals surface area contributed by atoms with Crippen LogP contribution < -0.4 is 11.1 Å². The molecule has 2 aliphatic heterocycles. The van der Waals surface area contributed by atoms with Crippen molar-refractivity contribution in [1.82, 2.24) is 0 Å². The number of allylic oxidation sites excluding steroid dienone is 1. The third-order valence-corrected chi connectivity index (χ3v) is 5.34. The monoisotopic (exact) mass is 385 g/mol. The number of nitrogens with two attached hydrogens (primary N) is 1. The second-order valence-corrected chi connectivity index (χ2v) is 6.73. The van der Waals surface area contributed by atoms with E-state index in [9.17, 15) is 10.4 Å². The minimum absolute atomic E-state index is 0.0174. The maximum atomic E-state index is 10.7. The van der Waals surface area contributed by atoms with Gasteiger partial charge in [0.15, 0.2) is 6.23 Å². The van der Waals surface area contributed by atoms with Gasteiger partial charge in [-0.3, -0.25) is 0 Å². The predicted molar refractivity (Wildman–Crippen MR) is 100 cm³/mol. The van der Waals surface area contributed by atoms with Crippen molar-refractivity contribution in [2.24, 2.45) is 5.73 Å². The van der Waals surface area contributed by atoms with Crippen LogP contribution in [0.2, 0.25) is 10.0 Å². The van der Waals surface area contributed by atoms with Crippen molar-refractivity contribution < 1.29 is 9.84 Å². The Balaban J connectivity index is 2.01. The number of hydrogen-bond donors (Lipinski definition) is 3. The largest absolute Gasteiger partial charge is 0.440 e. The summed E-state index contributed by atoms with van der Waals surface area (Å²) in [4.78, 5) is 0. The normalized spacial score (nSPS) is 21.3. The summed E-state index contributed by atoms with van der Waals surface area (Å²) in [6, 6.07) is 14.6. The molecule has 0 fully saturated rings. The molecule has 0 spiro atoms. The van der Waals surface area contributed by atoms with Gasteiger partial charge in [0, 0.05) is 16.8 Å². The van der Waals surface area contributed by atoms with Crippen molar-refractivity contribution in [3.63, 3.8) is 0 Å². The first-order chi connectivity index (χ1) is 12.5. The van der Waals surface area contributed by atoms with Crippen LogP contribution in [0.4, 0.5) is 5.69 Å². The van der Waals surface area contributed by atoms with Gasteiger partial charge in [0.25, 0.3) is 0 Å². The van der Waals surface area contributed by atoms with E-state index < -0.39 is 12.1 Å². The lowest BCUT2D eigenvalue weighted by atomic mass is 9.80. The minimum atomic E-state index is -1.07. The highest BCUT2D eigenvalue weighted by Crippen LogP contribution is 2.49. The van der Waals surface area contributed by atoms with E-state index in [0.717, 1.165) is 5.56 Å². The standard InChI is InChI=1S/C19H13Cl2N3O2/c20-12-6-3-5-10(16(12)21)14-11(8-22)18(23)26-17-9-4-1-2-7-13(9)24-19(25)15(14)17/h1-7,14,19,24-25H,23H2/t14-,19-/m1/s1. The molecular weight excluding hydrogens is 373 g/mol. The smallest absolute Gasteiger partial charge is 0.205 e. The van der Waals surface area contributed by atoms with Crippen molar-refractivity contribution in [1.29, 1.82) is 5.26 Å². The fraction of sp³-hybridized carbons (Fsp3) is 0.105. The Morgan fingerprint density at radius 2 is 1.92 bits per heavy atom. The number of hydrogen-bond acceptors (Lipinski definition) is 5. The molecule has 2 aromatic rings. The van der Waals surface area contributed by atoms with E-state index in [4.69, 9.17) is 33.7 Å². The highest BCUT2D eigenvalue weighted by Gasteiger charge is 2.40. The summed E-state index contributed by atoms with van der Waals surface area (Å²) in [7, 11) is 0. The fourth-order valence-electron chi connectivity index (χ4n) is 3.36. The molecule has 0 saturated carbocycles. The van der Waals surface area contributed by atoms with Gasteiger partial charge in [0.05, 0.1) is 16.0 Å². The van der Waals surface area contributed by atoms with Crippen molar-refractivity contribution in [3.8, 4) is 6.07 Å². The lowest BCUT2D eigenvalue weighted by Crippen LogP contribution is -2.34. The number of rotatable bonds is 1. The summed E-state index contributed by atoms with van der Waals surface area (Å²) in [5.41, 5.74) is 8.72. The van der Waals surface area contributed by atoms with Gasteiger partial charge in [-0.25, -0.2) is 0 Å². The lowest BCUT2D eigenvalue weighted by Gasteiger charge is -2.36. The van der Waals surface area contributed by atoms with Crippen LogP contribution in [-0.2, 0) is 4.74 Å². The lowest BCUT2D eigenvalue weighted by molar-refractivity contribution is 0.221. The molecule has 0 unspecified atom stereocenters. The summed E-state index contributed by atoms with van der Waals surface area (Å²) in [6.07, 6.45) is -1.07. The Morgan fingerprint density at radius 1 is 1.15 bits per heavy atom. The molecule has 4 rings (SSSR count). The number of nitrogens with zero attached hydrogens (tertiary/aromatic N) is 1. The number of para-hydroxylation sites is 1. The molecule has 26 heavy (non-hydrogen) atoms. The van der Waals surface area contributed by atoms with Gasteiger partial charge in [-0.05, 0) is 23.8 Å². The van der Waals surface area contributed by atoms with Crippen LogP contribution in [0.25, 0.3) is 5.76 Å². The zero-order valence-corrected chi connectivity index (χ0v) is 14.8. The van der Waals surface area contributed by atoms with Crippen LogP contribution in [0, 0.1) is 11.3 Å². The van der Waals surface area contributed by atoms with Crippen molar-refractivity contribution in [2.75, 3.05) is 5.32 Å². The Bertz CT molecular complexity index is 1020. The average Bonchev–Trinajstić information content (AvgIpc) is 2.63. The minimum Gasteiger partial charge on any atom is -0.440 e. The molecule has 2 heterocycles. The molecule has 2 aliphatic rings. The number of aliphatic hydroxyl groups is 1. The summed E-state index contributed by atoms with van der Waals surface area (Å²) >= 11 is 12.6. The molecule has 0 amide bonds. The van der Waals surface area contributed by atoms with E-state index in [1.54, 1.807) is 18.2 Å². The van der Waals surface area contributed by atoms with Crippen LogP contribution in [0.3, 0.4) is 0 Å².